The third-order valence-electron chi connectivity index (χ3n) is 3.41. The molecule has 1 fully saturated rings. The van der Waals surface area contributed by atoms with Crippen LogP contribution in [0.4, 0.5) is 0 Å². The lowest BCUT2D eigenvalue weighted by Crippen LogP contribution is -2.38. The average Bonchev–Trinajstić information content (AvgIpc) is 2.54. The van der Waals surface area contributed by atoms with Crippen molar-refractivity contribution < 1.29 is 24.1 Å². The predicted octanol–water partition coefficient (Wildman–Crippen LogP) is 1.67. The third-order valence-corrected chi connectivity index (χ3v) is 3.41. The minimum Gasteiger partial charge on any atom is -0.507 e. The van der Waals surface area contributed by atoms with Gasteiger partial charge in [0.15, 0.2) is 0 Å². The highest BCUT2D eigenvalue weighted by Crippen LogP contribution is 2.24. The number of nitrogens with zero attached hydrogens (tertiary/aromatic N) is 1. The van der Waals surface area contributed by atoms with Gasteiger partial charge in [-0.25, -0.2) is 4.79 Å². The summed E-state index contributed by atoms with van der Waals surface area (Å²) in [6.07, 6.45) is 0.881. The lowest BCUT2D eigenvalue weighted by molar-refractivity contribution is 0.0194. The van der Waals surface area contributed by atoms with E-state index in [1.807, 2.05) is 6.92 Å². The summed E-state index contributed by atoms with van der Waals surface area (Å²) in [4.78, 5) is 14.1. The maximum Gasteiger partial charge on any atom is 0.341 e. The molecule has 0 radical (unpaired) electrons. The standard InChI is InChI=1S/C16H23NO5/c1-2-8-21-13-3-4-14(15(18)12-13)16(19)22-11-7-17-5-9-20-10-6-17/h3-4,12,18H,2,5-11H2,1H3. The number of benzene rings is 1. The number of morpholine rings is 1. The number of esters is 1. The van der Waals surface area contributed by atoms with Gasteiger partial charge < -0.3 is 19.3 Å². The fraction of sp³-hybridized carbons (Fsp3) is 0.562. The van der Waals surface area contributed by atoms with Gasteiger partial charge in [0.25, 0.3) is 0 Å². The number of phenols is 1. The normalized spacial score (nSPS) is 15.5. The van der Waals surface area contributed by atoms with Gasteiger partial charge in [-0.3, -0.25) is 4.90 Å². The van der Waals surface area contributed by atoms with Crippen molar-refractivity contribution >= 4 is 5.97 Å². The Morgan fingerprint density at radius 1 is 1.32 bits per heavy atom. The average molecular weight is 309 g/mol. The van der Waals surface area contributed by atoms with Crippen molar-refractivity contribution in [1.82, 2.24) is 4.90 Å². The van der Waals surface area contributed by atoms with E-state index in [9.17, 15) is 9.90 Å². The molecule has 0 saturated carbocycles. The lowest BCUT2D eigenvalue weighted by Gasteiger charge is -2.26. The van der Waals surface area contributed by atoms with Crippen LogP contribution in [0.15, 0.2) is 18.2 Å². The third kappa shape index (κ3) is 4.89. The molecule has 0 bridgehead atoms. The van der Waals surface area contributed by atoms with Gasteiger partial charge >= 0.3 is 5.97 Å². The van der Waals surface area contributed by atoms with Gasteiger partial charge in [-0.2, -0.15) is 0 Å². The Hall–Kier alpha value is -1.79. The van der Waals surface area contributed by atoms with Crippen molar-refractivity contribution in [2.24, 2.45) is 0 Å². The number of carbonyl (C=O) groups is 1. The zero-order valence-electron chi connectivity index (χ0n) is 12.9. The molecular weight excluding hydrogens is 286 g/mol. The molecule has 0 aliphatic carbocycles. The molecule has 6 heteroatoms. The second-order valence-electron chi connectivity index (χ2n) is 5.12. The van der Waals surface area contributed by atoms with Crippen LogP contribution in [0.1, 0.15) is 23.7 Å². The molecule has 0 atom stereocenters. The molecule has 0 unspecified atom stereocenters. The van der Waals surface area contributed by atoms with Crippen molar-refractivity contribution in [3.8, 4) is 11.5 Å². The lowest BCUT2D eigenvalue weighted by atomic mass is 10.2. The summed E-state index contributed by atoms with van der Waals surface area (Å²) in [6.45, 7) is 6.68. The minimum atomic E-state index is -0.521. The molecule has 0 aromatic heterocycles. The minimum absolute atomic E-state index is 0.120. The highest BCUT2D eigenvalue weighted by Gasteiger charge is 2.15. The summed E-state index contributed by atoms with van der Waals surface area (Å²) in [5.41, 5.74) is 0.158. The number of aromatic hydroxyl groups is 1. The highest BCUT2D eigenvalue weighted by molar-refractivity contribution is 5.92. The van der Waals surface area contributed by atoms with Gasteiger partial charge in [-0.15, -0.1) is 0 Å². The SMILES string of the molecule is CCCOc1ccc(C(=O)OCCN2CCOCC2)c(O)c1. The van der Waals surface area contributed by atoms with Gasteiger partial charge in [0.2, 0.25) is 0 Å². The molecule has 1 aromatic rings. The summed E-state index contributed by atoms with van der Waals surface area (Å²) >= 11 is 0. The van der Waals surface area contributed by atoms with Gasteiger partial charge in [-0.05, 0) is 18.6 Å². The van der Waals surface area contributed by atoms with Crippen molar-refractivity contribution in [3.05, 3.63) is 23.8 Å². The van der Waals surface area contributed by atoms with E-state index in [0.717, 1.165) is 19.5 Å². The maximum absolute atomic E-state index is 12.0. The second-order valence-corrected chi connectivity index (χ2v) is 5.12. The van der Waals surface area contributed by atoms with Crippen LogP contribution in [0.5, 0.6) is 11.5 Å². The van der Waals surface area contributed by atoms with Crippen molar-refractivity contribution in [3.63, 3.8) is 0 Å². The van der Waals surface area contributed by atoms with Gasteiger partial charge in [0.1, 0.15) is 23.7 Å². The van der Waals surface area contributed by atoms with Crippen LogP contribution < -0.4 is 4.74 Å². The Morgan fingerprint density at radius 3 is 2.77 bits per heavy atom. The fourth-order valence-corrected chi connectivity index (χ4v) is 2.16. The van der Waals surface area contributed by atoms with Crippen molar-refractivity contribution in [1.29, 1.82) is 0 Å². The Kier molecular flexibility index (Phi) is 6.48. The number of ether oxygens (including phenoxy) is 3. The molecule has 6 nitrogen and oxygen atoms in total. The molecule has 1 aliphatic heterocycles. The van der Waals surface area contributed by atoms with E-state index in [1.165, 1.54) is 12.1 Å². The van der Waals surface area contributed by atoms with Gasteiger partial charge in [0, 0.05) is 25.7 Å². The van der Waals surface area contributed by atoms with E-state index in [1.54, 1.807) is 6.07 Å². The van der Waals surface area contributed by atoms with Crippen LogP contribution in [0.2, 0.25) is 0 Å². The van der Waals surface area contributed by atoms with Gasteiger partial charge in [0.05, 0.1) is 19.8 Å². The van der Waals surface area contributed by atoms with Crippen LogP contribution in [0.3, 0.4) is 0 Å². The van der Waals surface area contributed by atoms with E-state index in [-0.39, 0.29) is 11.3 Å². The molecule has 0 amide bonds. The number of carbonyl (C=O) groups excluding carboxylic acids is 1. The Labute approximate surface area is 130 Å². The van der Waals surface area contributed by atoms with E-state index in [4.69, 9.17) is 14.2 Å². The first-order valence-corrected chi connectivity index (χ1v) is 7.63. The summed E-state index contributed by atoms with van der Waals surface area (Å²) in [7, 11) is 0. The topological polar surface area (TPSA) is 68.2 Å². The smallest absolute Gasteiger partial charge is 0.341 e. The quantitative estimate of drug-likeness (QED) is 0.773. The zero-order chi connectivity index (χ0) is 15.8. The van der Waals surface area contributed by atoms with Crippen LogP contribution >= 0.6 is 0 Å². The monoisotopic (exact) mass is 309 g/mol. The summed E-state index contributed by atoms with van der Waals surface area (Å²) in [5, 5.41) is 9.90. The van der Waals surface area contributed by atoms with E-state index in [0.29, 0.717) is 38.7 Å². The van der Waals surface area contributed by atoms with Crippen molar-refractivity contribution in [2.75, 3.05) is 46.1 Å². The zero-order valence-corrected chi connectivity index (χ0v) is 12.9. The number of hydrogen-bond donors (Lipinski definition) is 1. The Morgan fingerprint density at radius 2 is 2.09 bits per heavy atom. The largest absolute Gasteiger partial charge is 0.507 e. The molecule has 2 rings (SSSR count). The van der Waals surface area contributed by atoms with E-state index in [2.05, 4.69) is 4.90 Å². The molecule has 1 aliphatic rings. The molecule has 1 saturated heterocycles. The summed E-state index contributed by atoms with van der Waals surface area (Å²) in [6, 6.07) is 4.62. The predicted molar refractivity (Wildman–Crippen MR) is 81.4 cm³/mol. The first-order valence-electron chi connectivity index (χ1n) is 7.63. The first kappa shape index (κ1) is 16.6. The fourth-order valence-electron chi connectivity index (χ4n) is 2.16. The molecule has 122 valence electrons. The maximum atomic E-state index is 12.0. The van der Waals surface area contributed by atoms with Crippen LogP contribution in [-0.4, -0.2) is 62.0 Å². The summed E-state index contributed by atoms with van der Waals surface area (Å²) < 4.78 is 15.9. The molecule has 22 heavy (non-hydrogen) atoms. The van der Waals surface area contributed by atoms with Crippen LogP contribution in [-0.2, 0) is 9.47 Å². The second kappa shape index (κ2) is 8.60. The van der Waals surface area contributed by atoms with E-state index < -0.39 is 5.97 Å². The highest BCUT2D eigenvalue weighted by atomic mass is 16.5. The Bertz CT molecular complexity index is 485. The van der Waals surface area contributed by atoms with Crippen molar-refractivity contribution in [2.45, 2.75) is 13.3 Å². The number of rotatable bonds is 7. The molecule has 1 heterocycles. The summed E-state index contributed by atoms with van der Waals surface area (Å²) in [5.74, 6) is -0.0954. The van der Waals surface area contributed by atoms with Crippen LogP contribution in [0.25, 0.3) is 0 Å². The van der Waals surface area contributed by atoms with Gasteiger partial charge in [-0.1, -0.05) is 6.92 Å². The molecule has 1 N–H and O–H groups in total. The van der Waals surface area contributed by atoms with Crippen LogP contribution in [0, 0.1) is 0 Å². The molecule has 0 spiro atoms. The first-order chi connectivity index (χ1) is 10.7. The van der Waals surface area contributed by atoms with E-state index >= 15 is 0 Å². The Balaban J connectivity index is 1.81. The molecular formula is C16H23NO5. The number of phenolic OH excluding ortho intramolecular Hbond substituents is 1. The molecule has 1 aromatic carbocycles. The number of hydrogen-bond acceptors (Lipinski definition) is 6.